The van der Waals surface area contributed by atoms with Crippen LogP contribution in [0.2, 0.25) is 0 Å². The minimum Gasteiger partial charge on any atom is -0.286 e. The zero-order valence-corrected chi connectivity index (χ0v) is 30.2. The summed E-state index contributed by atoms with van der Waals surface area (Å²) in [6.45, 7) is 13.7. The van der Waals surface area contributed by atoms with Crippen molar-refractivity contribution in [3.8, 4) is 18.4 Å². The van der Waals surface area contributed by atoms with E-state index in [2.05, 4.69) is 221 Å². The minimum absolute atomic E-state index is 0.00898. The van der Waals surface area contributed by atoms with Gasteiger partial charge in [0.2, 0.25) is 0 Å². The molecule has 0 heterocycles. The van der Waals surface area contributed by atoms with Crippen molar-refractivity contribution in [2.75, 3.05) is 13.1 Å². The van der Waals surface area contributed by atoms with Gasteiger partial charge in [0.25, 0.3) is 11.8 Å². The number of carbonyl (C=O) groups is 2. The van der Waals surface area contributed by atoms with Crippen LogP contribution in [0.15, 0.2) is 232 Å². The molecule has 252 valence electrons. The normalized spacial score (nSPS) is 6.00. The third-order valence-electron chi connectivity index (χ3n) is 4.86. The SMILES string of the molecule is C#CCCN(C(=O)C(=C)C)C(=C=C=C=C=C=C=C=C=C=C=C=C=C=C=C=C=C=C=C=C=C=C=C=C=C=C=C=C=C=C=C=C=C=C=C)N(CCC#N)C(=O)C(=C)C. The zero-order valence-electron chi connectivity index (χ0n) is 30.2. The molecule has 0 aliphatic heterocycles. The smallest absolute Gasteiger partial charge is 0.254 e. The molecule has 0 aromatic heterocycles. The Balaban J connectivity index is 6.84. The van der Waals surface area contributed by atoms with E-state index in [0.29, 0.717) is 0 Å². The number of carbonyl (C=O) groups excluding carboxylic acids is 2. The third-order valence-corrected chi connectivity index (χ3v) is 4.86. The molecule has 0 aliphatic rings. The lowest BCUT2D eigenvalue weighted by Crippen LogP contribution is -2.43. The first-order valence-corrected chi connectivity index (χ1v) is 15.2. The van der Waals surface area contributed by atoms with Crippen LogP contribution in [-0.4, -0.2) is 34.7 Å². The van der Waals surface area contributed by atoms with Gasteiger partial charge in [-0.25, -0.2) is 0 Å². The number of hydrogen-bond donors (Lipinski definition) is 0. The fraction of sp³-hybridized carbons (Fsp3) is 0.118. The molecule has 5 nitrogen and oxygen atoms in total. The number of hydrogen-bond acceptors (Lipinski definition) is 3. The highest BCUT2D eigenvalue weighted by atomic mass is 16.2. The van der Waals surface area contributed by atoms with Crippen molar-refractivity contribution in [2.45, 2.75) is 26.7 Å². The van der Waals surface area contributed by atoms with E-state index in [9.17, 15) is 9.59 Å². The van der Waals surface area contributed by atoms with E-state index < -0.39 is 11.8 Å². The molecular formula is C51H21N3O2. The summed E-state index contributed by atoms with van der Waals surface area (Å²) in [7, 11) is 0. The molecule has 0 rings (SSSR count). The molecule has 5 heteroatoms. The van der Waals surface area contributed by atoms with Crippen LogP contribution < -0.4 is 0 Å². The van der Waals surface area contributed by atoms with Crippen molar-refractivity contribution in [2.24, 2.45) is 0 Å². The van der Waals surface area contributed by atoms with Crippen molar-refractivity contribution in [3.63, 3.8) is 0 Å². The van der Waals surface area contributed by atoms with Gasteiger partial charge in [0.1, 0.15) is 0 Å². The molecule has 0 aromatic rings. The monoisotopic (exact) mass is 707 g/mol. The lowest BCUT2D eigenvalue weighted by molar-refractivity contribution is -0.130. The summed E-state index contributed by atoms with van der Waals surface area (Å²) in [6.07, 6.45) is 5.56. The first kappa shape index (κ1) is 45.7. The molecule has 0 saturated heterocycles. The van der Waals surface area contributed by atoms with Crippen LogP contribution >= 0.6 is 0 Å². The maximum absolute atomic E-state index is 13.0. The summed E-state index contributed by atoms with van der Waals surface area (Å²) in [4.78, 5) is 28.3. The van der Waals surface area contributed by atoms with E-state index in [1.54, 1.807) is 0 Å². The molecule has 0 unspecified atom stereocenters. The molecule has 0 atom stereocenters. The summed E-state index contributed by atoms with van der Waals surface area (Å²) in [6, 6.07) is 1.98. The van der Waals surface area contributed by atoms with Gasteiger partial charge in [-0.2, -0.15) is 5.26 Å². The predicted molar refractivity (Wildman–Crippen MR) is 205 cm³/mol. The quantitative estimate of drug-likeness (QED) is 0.149. The van der Waals surface area contributed by atoms with Crippen LogP contribution in [-0.2, 0) is 9.59 Å². The number of amides is 2. The van der Waals surface area contributed by atoms with Crippen LogP contribution in [0.3, 0.4) is 0 Å². The van der Waals surface area contributed by atoms with E-state index >= 15 is 0 Å². The molecule has 2 amide bonds. The van der Waals surface area contributed by atoms with Gasteiger partial charge in [-0.15, -0.1) is 12.3 Å². The van der Waals surface area contributed by atoms with E-state index in [-0.39, 0.29) is 42.9 Å². The Morgan fingerprint density at radius 2 is 0.714 bits per heavy atom. The van der Waals surface area contributed by atoms with E-state index in [1.165, 1.54) is 23.6 Å². The van der Waals surface area contributed by atoms with E-state index in [4.69, 9.17) is 11.7 Å². The number of rotatable bonds is 8. The van der Waals surface area contributed by atoms with Crippen LogP contribution in [0.1, 0.15) is 26.7 Å². The summed E-state index contributed by atoms with van der Waals surface area (Å²) in [5, 5.41) is 9.13. The highest BCUT2D eigenvalue weighted by Gasteiger charge is 2.27. The van der Waals surface area contributed by atoms with Gasteiger partial charge in [-0.05, 0) is 118 Å². The van der Waals surface area contributed by atoms with Crippen LogP contribution in [0, 0.1) is 23.7 Å². The predicted octanol–water partition coefficient (Wildman–Crippen LogP) is 7.48. The summed E-state index contributed by atoms with van der Waals surface area (Å²) in [5.41, 5.74) is 85.2. The number of nitrogens with zero attached hydrogens (tertiary/aromatic N) is 3. The fourth-order valence-electron chi connectivity index (χ4n) is 2.76. The van der Waals surface area contributed by atoms with E-state index in [1.807, 2.05) is 6.07 Å². The van der Waals surface area contributed by atoms with Gasteiger partial charge in [0, 0.05) is 122 Å². The van der Waals surface area contributed by atoms with Gasteiger partial charge >= 0.3 is 0 Å². The topological polar surface area (TPSA) is 64.4 Å². The standard InChI is InChI=1S/C51H21N3O2/c1-7-9-11-12-13-14-15-16-17-18-19-20-21-22-23-24-25-26-27-28-29-30-31-32-33-34-35-36-37-38-39-40-41-43-49(53(45-10-8-2)50(55)47(3)4)54(46-42-44-52)51(56)48(5)6/h2H,1,3,5,10,42,45-46H2,4,6H3. The summed E-state index contributed by atoms with van der Waals surface area (Å²) in [5.74, 6) is 1.43. The molecule has 0 radical (unpaired) electrons. The lowest BCUT2D eigenvalue weighted by Gasteiger charge is -2.31. The van der Waals surface area contributed by atoms with Crippen LogP contribution in [0.4, 0.5) is 0 Å². The zero-order chi connectivity index (χ0) is 41.3. The molecule has 0 saturated carbocycles. The lowest BCUT2D eigenvalue weighted by atomic mass is 10.2. The molecule has 0 aliphatic carbocycles. The maximum Gasteiger partial charge on any atom is 0.254 e. The molecule has 56 heavy (non-hydrogen) atoms. The second kappa shape index (κ2) is 33.2. The van der Waals surface area contributed by atoms with Gasteiger partial charge in [0.15, 0.2) is 5.82 Å². The maximum atomic E-state index is 13.0. The first-order chi connectivity index (χ1) is 27.3. The Hall–Kier alpha value is -10.3. The molecular weight excluding hydrogens is 687 g/mol. The highest BCUT2D eigenvalue weighted by molar-refractivity contribution is 5.96. The van der Waals surface area contributed by atoms with Gasteiger partial charge in [-0.1, -0.05) is 18.9 Å². The Morgan fingerprint density at radius 3 is 0.946 bits per heavy atom. The summed E-state index contributed by atoms with van der Waals surface area (Å²) >= 11 is 0. The molecule has 0 fully saturated rings. The fourth-order valence-corrected chi connectivity index (χ4v) is 2.76. The molecule has 0 N–H and O–H groups in total. The van der Waals surface area contributed by atoms with Crippen molar-refractivity contribution < 1.29 is 9.59 Å². The van der Waals surface area contributed by atoms with Gasteiger partial charge in [-0.3, -0.25) is 19.4 Å². The van der Waals surface area contributed by atoms with Crippen molar-refractivity contribution in [3.05, 3.63) is 232 Å². The minimum atomic E-state index is -0.520. The van der Waals surface area contributed by atoms with Crippen LogP contribution in [0.5, 0.6) is 0 Å². The average molecular weight is 708 g/mol. The Labute approximate surface area is 325 Å². The first-order valence-electron chi connectivity index (χ1n) is 15.2. The molecule has 0 aromatic carbocycles. The Bertz CT molecular complexity index is 3130. The van der Waals surface area contributed by atoms with Crippen molar-refractivity contribution >= 4 is 11.8 Å². The van der Waals surface area contributed by atoms with Crippen LogP contribution in [0.25, 0.3) is 0 Å². The molecule has 0 spiro atoms. The second-order valence-electron chi connectivity index (χ2n) is 8.96. The number of nitriles is 1. The van der Waals surface area contributed by atoms with Gasteiger partial charge < -0.3 is 0 Å². The van der Waals surface area contributed by atoms with Gasteiger partial charge in [0.05, 0.1) is 12.5 Å². The van der Waals surface area contributed by atoms with Crippen molar-refractivity contribution in [1.82, 2.24) is 9.80 Å². The average Bonchev–Trinajstić information content (AvgIpc) is 3.19. The Kier molecular flexibility index (Phi) is 27.1. The second-order valence-corrected chi connectivity index (χ2v) is 8.96. The largest absolute Gasteiger partial charge is 0.286 e. The number of terminal acetylenes is 1. The highest BCUT2D eigenvalue weighted by Crippen LogP contribution is 2.17. The molecule has 0 bridgehead atoms. The van der Waals surface area contributed by atoms with E-state index in [0.717, 1.165) is 0 Å². The van der Waals surface area contributed by atoms with Crippen molar-refractivity contribution in [1.29, 1.82) is 5.26 Å². The summed E-state index contributed by atoms with van der Waals surface area (Å²) < 4.78 is 0. The third kappa shape index (κ3) is 24.8. The Morgan fingerprint density at radius 1 is 0.464 bits per heavy atom.